The standard InChI is InChI=1S/C18H28ClNO2/c1-3-5-7-13-20(14-8-6-4-2)18(21)15-22-17-11-9-16(19)10-12-17/h9-12H,3-8,13-15H2,1-2H3. The van der Waals surface area contributed by atoms with E-state index in [0.29, 0.717) is 10.8 Å². The molecular formula is C18H28ClNO2. The molecule has 0 saturated carbocycles. The fourth-order valence-corrected chi connectivity index (χ4v) is 2.36. The molecule has 0 bridgehead atoms. The molecule has 0 spiro atoms. The molecule has 0 atom stereocenters. The number of hydrogen-bond acceptors (Lipinski definition) is 2. The molecule has 0 aromatic heterocycles. The fraction of sp³-hybridized carbons (Fsp3) is 0.611. The van der Waals surface area contributed by atoms with Crippen LogP contribution in [0.2, 0.25) is 5.02 Å². The van der Waals surface area contributed by atoms with Crippen molar-refractivity contribution in [3.05, 3.63) is 29.3 Å². The topological polar surface area (TPSA) is 29.5 Å². The van der Waals surface area contributed by atoms with Crippen LogP contribution in [0, 0.1) is 0 Å². The Bertz CT molecular complexity index is 410. The van der Waals surface area contributed by atoms with E-state index in [1.807, 2.05) is 4.90 Å². The lowest BCUT2D eigenvalue weighted by Crippen LogP contribution is -2.36. The minimum atomic E-state index is 0.0714. The third-order valence-electron chi connectivity index (χ3n) is 3.59. The first-order chi connectivity index (χ1) is 10.7. The molecule has 1 rings (SSSR count). The highest BCUT2D eigenvalue weighted by atomic mass is 35.5. The van der Waals surface area contributed by atoms with Crippen molar-refractivity contribution < 1.29 is 9.53 Å². The lowest BCUT2D eigenvalue weighted by atomic mass is 10.2. The number of rotatable bonds is 11. The molecule has 0 unspecified atom stereocenters. The Hall–Kier alpha value is -1.22. The van der Waals surface area contributed by atoms with Crippen molar-refractivity contribution in [1.29, 1.82) is 0 Å². The third kappa shape index (κ3) is 7.69. The van der Waals surface area contributed by atoms with Gasteiger partial charge in [0.2, 0.25) is 0 Å². The van der Waals surface area contributed by atoms with E-state index in [0.717, 1.165) is 51.6 Å². The minimum absolute atomic E-state index is 0.0714. The van der Waals surface area contributed by atoms with E-state index < -0.39 is 0 Å². The smallest absolute Gasteiger partial charge is 0.260 e. The monoisotopic (exact) mass is 325 g/mol. The van der Waals surface area contributed by atoms with Crippen LogP contribution in [-0.2, 0) is 4.79 Å². The van der Waals surface area contributed by atoms with Gasteiger partial charge in [0.1, 0.15) is 5.75 Å². The maximum Gasteiger partial charge on any atom is 0.260 e. The average Bonchev–Trinajstić information content (AvgIpc) is 2.53. The molecular weight excluding hydrogens is 298 g/mol. The molecule has 0 aliphatic carbocycles. The van der Waals surface area contributed by atoms with Gasteiger partial charge in [0.15, 0.2) is 6.61 Å². The van der Waals surface area contributed by atoms with Crippen LogP contribution < -0.4 is 4.74 Å². The SMILES string of the molecule is CCCCCN(CCCCC)C(=O)COc1ccc(Cl)cc1. The number of hydrogen-bond donors (Lipinski definition) is 0. The van der Waals surface area contributed by atoms with Crippen LogP contribution in [-0.4, -0.2) is 30.5 Å². The molecule has 22 heavy (non-hydrogen) atoms. The second-order valence-corrected chi connectivity index (χ2v) is 5.97. The van der Waals surface area contributed by atoms with Gasteiger partial charge in [-0.1, -0.05) is 51.1 Å². The largest absolute Gasteiger partial charge is 0.484 e. The summed E-state index contributed by atoms with van der Waals surface area (Å²) in [5, 5.41) is 0.666. The number of benzene rings is 1. The van der Waals surface area contributed by atoms with E-state index in [1.165, 1.54) is 0 Å². The lowest BCUT2D eigenvalue weighted by molar-refractivity contribution is -0.133. The summed E-state index contributed by atoms with van der Waals surface area (Å²) in [6.07, 6.45) is 6.78. The Morgan fingerprint density at radius 1 is 1.00 bits per heavy atom. The van der Waals surface area contributed by atoms with Gasteiger partial charge in [-0.15, -0.1) is 0 Å². The normalized spacial score (nSPS) is 10.5. The first-order valence-corrected chi connectivity index (χ1v) is 8.71. The lowest BCUT2D eigenvalue weighted by Gasteiger charge is -2.22. The van der Waals surface area contributed by atoms with E-state index in [2.05, 4.69) is 13.8 Å². The maximum atomic E-state index is 12.3. The van der Waals surface area contributed by atoms with Gasteiger partial charge < -0.3 is 9.64 Å². The Kier molecular flexibility index (Phi) is 9.72. The van der Waals surface area contributed by atoms with Gasteiger partial charge in [0.25, 0.3) is 5.91 Å². The molecule has 0 heterocycles. The quantitative estimate of drug-likeness (QED) is 0.540. The summed E-state index contributed by atoms with van der Waals surface area (Å²) < 4.78 is 5.57. The van der Waals surface area contributed by atoms with Crippen LogP contribution in [0.5, 0.6) is 5.75 Å². The second-order valence-electron chi connectivity index (χ2n) is 5.54. The summed E-state index contributed by atoms with van der Waals surface area (Å²) in [7, 11) is 0. The molecule has 0 fully saturated rings. The minimum Gasteiger partial charge on any atom is -0.484 e. The first-order valence-electron chi connectivity index (χ1n) is 8.33. The second kappa shape index (κ2) is 11.4. The van der Waals surface area contributed by atoms with Gasteiger partial charge in [-0.25, -0.2) is 0 Å². The van der Waals surface area contributed by atoms with Crippen molar-refractivity contribution in [2.24, 2.45) is 0 Å². The molecule has 3 nitrogen and oxygen atoms in total. The zero-order chi connectivity index (χ0) is 16.2. The van der Waals surface area contributed by atoms with Crippen molar-refractivity contribution in [2.75, 3.05) is 19.7 Å². The van der Waals surface area contributed by atoms with Crippen molar-refractivity contribution in [3.63, 3.8) is 0 Å². The summed E-state index contributed by atoms with van der Waals surface area (Å²) in [6.45, 7) is 6.11. The highest BCUT2D eigenvalue weighted by molar-refractivity contribution is 6.30. The summed E-state index contributed by atoms with van der Waals surface area (Å²) in [5.74, 6) is 0.752. The Morgan fingerprint density at radius 2 is 1.55 bits per heavy atom. The highest BCUT2D eigenvalue weighted by Crippen LogP contribution is 2.15. The van der Waals surface area contributed by atoms with Crippen LogP contribution >= 0.6 is 11.6 Å². The van der Waals surface area contributed by atoms with Crippen LogP contribution in [0.25, 0.3) is 0 Å². The maximum absolute atomic E-state index is 12.3. The van der Waals surface area contributed by atoms with Gasteiger partial charge in [-0.2, -0.15) is 0 Å². The summed E-state index contributed by atoms with van der Waals surface area (Å²) in [5.41, 5.74) is 0. The summed E-state index contributed by atoms with van der Waals surface area (Å²) >= 11 is 5.84. The van der Waals surface area contributed by atoms with Crippen molar-refractivity contribution in [1.82, 2.24) is 4.90 Å². The molecule has 0 N–H and O–H groups in total. The third-order valence-corrected chi connectivity index (χ3v) is 3.84. The van der Waals surface area contributed by atoms with Gasteiger partial charge >= 0.3 is 0 Å². The molecule has 1 amide bonds. The summed E-state index contributed by atoms with van der Waals surface area (Å²) in [4.78, 5) is 14.3. The van der Waals surface area contributed by atoms with E-state index in [9.17, 15) is 4.79 Å². The number of halogens is 1. The number of ether oxygens (including phenoxy) is 1. The van der Waals surface area contributed by atoms with Gasteiger partial charge in [0, 0.05) is 18.1 Å². The van der Waals surface area contributed by atoms with Crippen molar-refractivity contribution in [3.8, 4) is 5.75 Å². The molecule has 0 aliphatic rings. The van der Waals surface area contributed by atoms with E-state index in [4.69, 9.17) is 16.3 Å². The highest BCUT2D eigenvalue weighted by Gasteiger charge is 2.13. The zero-order valence-corrected chi connectivity index (χ0v) is 14.6. The number of carbonyl (C=O) groups is 1. The van der Waals surface area contributed by atoms with Gasteiger partial charge in [0.05, 0.1) is 0 Å². The van der Waals surface area contributed by atoms with E-state index in [1.54, 1.807) is 24.3 Å². The molecule has 1 aromatic rings. The molecule has 0 radical (unpaired) electrons. The number of unbranched alkanes of at least 4 members (excludes halogenated alkanes) is 4. The average molecular weight is 326 g/mol. The van der Waals surface area contributed by atoms with Gasteiger partial charge in [-0.05, 0) is 37.1 Å². The van der Waals surface area contributed by atoms with Gasteiger partial charge in [-0.3, -0.25) is 4.79 Å². The Morgan fingerprint density at radius 3 is 2.05 bits per heavy atom. The predicted octanol–water partition coefficient (Wildman–Crippen LogP) is 4.93. The van der Waals surface area contributed by atoms with E-state index >= 15 is 0 Å². The Balaban J connectivity index is 2.44. The number of amides is 1. The molecule has 4 heteroatoms. The predicted molar refractivity (Wildman–Crippen MR) is 92.6 cm³/mol. The zero-order valence-electron chi connectivity index (χ0n) is 13.8. The van der Waals surface area contributed by atoms with Crippen LogP contribution in [0.15, 0.2) is 24.3 Å². The Labute approximate surface area is 139 Å². The molecule has 0 aliphatic heterocycles. The van der Waals surface area contributed by atoms with Crippen molar-refractivity contribution >= 4 is 17.5 Å². The molecule has 124 valence electrons. The number of nitrogens with zero attached hydrogens (tertiary/aromatic N) is 1. The fourth-order valence-electron chi connectivity index (χ4n) is 2.23. The van der Waals surface area contributed by atoms with Crippen LogP contribution in [0.3, 0.4) is 0 Å². The van der Waals surface area contributed by atoms with Crippen LogP contribution in [0.4, 0.5) is 0 Å². The van der Waals surface area contributed by atoms with Crippen molar-refractivity contribution in [2.45, 2.75) is 52.4 Å². The van der Waals surface area contributed by atoms with Crippen LogP contribution in [0.1, 0.15) is 52.4 Å². The van der Waals surface area contributed by atoms with E-state index in [-0.39, 0.29) is 12.5 Å². The summed E-state index contributed by atoms with van der Waals surface area (Å²) in [6, 6.07) is 7.10. The molecule has 1 aromatic carbocycles. The first kappa shape index (κ1) is 18.8. The number of carbonyl (C=O) groups excluding carboxylic acids is 1. The molecule has 0 saturated heterocycles.